The molecule has 28 heavy (non-hydrogen) atoms. The summed E-state index contributed by atoms with van der Waals surface area (Å²) in [5.74, 6) is -0.110. The van der Waals surface area contributed by atoms with Crippen molar-refractivity contribution in [3.63, 3.8) is 0 Å². The maximum absolute atomic E-state index is 12.8. The van der Waals surface area contributed by atoms with Gasteiger partial charge in [-0.05, 0) is 69.3 Å². The number of urea groups is 1. The minimum atomic E-state index is -0.141. The van der Waals surface area contributed by atoms with Crippen molar-refractivity contribution in [1.82, 2.24) is 10.2 Å². The lowest BCUT2D eigenvalue weighted by Gasteiger charge is -2.23. The van der Waals surface area contributed by atoms with Gasteiger partial charge in [-0.2, -0.15) is 0 Å². The Balaban J connectivity index is 1.62. The summed E-state index contributed by atoms with van der Waals surface area (Å²) in [5.41, 5.74) is 3.45. The number of benzene rings is 2. The van der Waals surface area contributed by atoms with Crippen LogP contribution in [-0.4, -0.2) is 50.6 Å². The first-order chi connectivity index (χ1) is 13.5. The molecule has 2 aromatic rings. The zero-order valence-electron chi connectivity index (χ0n) is 16.6. The van der Waals surface area contributed by atoms with E-state index in [1.807, 2.05) is 42.1 Å². The van der Waals surface area contributed by atoms with Gasteiger partial charge in [0.05, 0.1) is 0 Å². The number of nitrogens with zero attached hydrogens (tertiary/aromatic N) is 2. The van der Waals surface area contributed by atoms with Crippen molar-refractivity contribution in [2.24, 2.45) is 0 Å². The van der Waals surface area contributed by atoms with Crippen molar-refractivity contribution < 1.29 is 9.59 Å². The summed E-state index contributed by atoms with van der Waals surface area (Å²) < 4.78 is 0. The van der Waals surface area contributed by atoms with Gasteiger partial charge in [-0.1, -0.05) is 18.2 Å². The highest BCUT2D eigenvalue weighted by atomic mass is 16.2. The standard InChI is InChI=1S/C22H28N4O2/c1-25(2)16-14-23-21(27)18-10-12-19(13-11-18)24-22(28)26-15-6-5-8-17-7-3-4-9-20(17)26/h3-4,7,9-13H,5-6,8,14-16H2,1-2H3,(H,23,27)(H,24,28). The predicted octanol–water partition coefficient (Wildman–Crippen LogP) is 3.35. The predicted molar refractivity (Wildman–Crippen MR) is 113 cm³/mol. The molecule has 2 N–H and O–H groups in total. The van der Waals surface area contributed by atoms with Crippen LogP contribution in [-0.2, 0) is 6.42 Å². The molecule has 6 nitrogen and oxygen atoms in total. The Morgan fingerprint density at radius 2 is 1.79 bits per heavy atom. The lowest BCUT2D eigenvalue weighted by Crippen LogP contribution is -2.35. The summed E-state index contributed by atoms with van der Waals surface area (Å²) >= 11 is 0. The Hall–Kier alpha value is -2.86. The fraction of sp³-hybridized carbons (Fsp3) is 0.364. The summed E-state index contributed by atoms with van der Waals surface area (Å²) in [7, 11) is 3.93. The number of rotatable bonds is 5. The molecule has 0 atom stereocenters. The molecule has 2 aromatic carbocycles. The number of fused-ring (bicyclic) bond motifs is 1. The second-order valence-corrected chi connectivity index (χ2v) is 7.30. The largest absolute Gasteiger partial charge is 0.351 e. The van der Waals surface area contributed by atoms with E-state index in [1.54, 1.807) is 24.3 Å². The number of likely N-dealkylation sites (N-methyl/N-ethyl adjacent to an activating group) is 1. The number of para-hydroxylation sites is 1. The highest BCUT2D eigenvalue weighted by Crippen LogP contribution is 2.26. The van der Waals surface area contributed by atoms with E-state index in [2.05, 4.69) is 16.7 Å². The van der Waals surface area contributed by atoms with Crippen LogP contribution >= 0.6 is 0 Å². The van der Waals surface area contributed by atoms with Crippen LogP contribution in [0.15, 0.2) is 48.5 Å². The minimum absolute atomic E-state index is 0.110. The van der Waals surface area contributed by atoms with Gasteiger partial charge in [0.15, 0.2) is 0 Å². The number of carbonyl (C=O) groups is 2. The molecule has 1 aliphatic heterocycles. The molecule has 3 rings (SSSR count). The van der Waals surface area contributed by atoms with Gasteiger partial charge >= 0.3 is 6.03 Å². The van der Waals surface area contributed by atoms with E-state index in [-0.39, 0.29) is 11.9 Å². The van der Waals surface area contributed by atoms with Crippen LogP contribution in [0, 0.1) is 0 Å². The number of aryl methyl sites for hydroxylation is 1. The molecule has 0 unspecified atom stereocenters. The first-order valence-electron chi connectivity index (χ1n) is 9.74. The van der Waals surface area contributed by atoms with E-state index in [1.165, 1.54) is 5.56 Å². The summed E-state index contributed by atoms with van der Waals surface area (Å²) in [6.07, 6.45) is 3.06. The molecule has 0 radical (unpaired) electrons. The van der Waals surface area contributed by atoms with Gasteiger partial charge in [0.25, 0.3) is 5.91 Å². The molecule has 6 heteroatoms. The van der Waals surface area contributed by atoms with Crippen molar-refractivity contribution in [3.8, 4) is 0 Å². The van der Waals surface area contributed by atoms with Crippen LogP contribution < -0.4 is 15.5 Å². The third-order valence-electron chi connectivity index (χ3n) is 4.85. The quantitative estimate of drug-likeness (QED) is 0.836. The summed E-state index contributed by atoms with van der Waals surface area (Å²) in [4.78, 5) is 28.8. The molecule has 0 aromatic heterocycles. The molecule has 1 aliphatic rings. The molecule has 0 spiro atoms. The van der Waals surface area contributed by atoms with Crippen LogP contribution in [0.25, 0.3) is 0 Å². The minimum Gasteiger partial charge on any atom is -0.351 e. The van der Waals surface area contributed by atoms with Crippen LogP contribution in [0.3, 0.4) is 0 Å². The van der Waals surface area contributed by atoms with Gasteiger partial charge in [-0.15, -0.1) is 0 Å². The van der Waals surface area contributed by atoms with Crippen molar-refractivity contribution in [2.45, 2.75) is 19.3 Å². The van der Waals surface area contributed by atoms with Gasteiger partial charge in [0, 0.05) is 36.6 Å². The zero-order valence-corrected chi connectivity index (χ0v) is 16.6. The molecule has 0 fully saturated rings. The smallest absolute Gasteiger partial charge is 0.326 e. The van der Waals surface area contributed by atoms with E-state index >= 15 is 0 Å². The molecular weight excluding hydrogens is 352 g/mol. The Morgan fingerprint density at radius 1 is 1.04 bits per heavy atom. The molecule has 148 valence electrons. The van der Waals surface area contributed by atoms with E-state index in [4.69, 9.17) is 0 Å². The first kappa shape index (κ1) is 19.9. The van der Waals surface area contributed by atoms with Gasteiger partial charge in [-0.3, -0.25) is 9.69 Å². The zero-order chi connectivity index (χ0) is 19.9. The van der Waals surface area contributed by atoms with E-state index in [0.717, 1.165) is 31.5 Å². The number of nitrogens with one attached hydrogen (secondary N) is 2. The Labute approximate surface area is 166 Å². The maximum atomic E-state index is 12.8. The summed E-state index contributed by atoms with van der Waals surface area (Å²) in [5, 5.41) is 5.84. The number of hydrogen-bond donors (Lipinski definition) is 2. The molecule has 1 heterocycles. The third-order valence-corrected chi connectivity index (χ3v) is 4.85. The molecule has 0 bridgehead atoms. The topological polar surface area (TPSA) is 64.7 Å². The van der Waals surface area contributed by atoms with E-state index < -0.39 is 0 Å². The monoisotopic (exact) mass is 380 g/mol. The highest BCUT2D eigenvalue weighted by molar-refractivity contribution is 6.02. The highest BCUT2D eigenvalue weighted by Gasteiger charge is 2.20. The third kappa shape index (κ3) is 5.10. The van der Waals surface area contributed by atoms with Gasteiger partial charge in [0.1, 0.15) is 0 Å². The second kappa shape index (κ2) is 9.37. The number of carbonyl (C=O) groups excluding carboxylic acids is 2. The van der Waals surface area contributed by atoms with Crippen molar-refractivity contribution >= 4 is 23.3 Å². The van der Waals surface area contributed by atoms with E-state index in [0.29, 0.717) is 24.3 Å². The van der Waals surface area contributed by atoms with Crippen LogP contribution in [0.4, 0.5) is 16.2 Å². The Bertz CT molecular complexity index is 818. The second-order valence-electron chi connectivity index (χ2n) is 7.30. The maximum Gasteiger partial charge on any atom is 0.326 e. The fourth-order valence-electron chi connectivity index (χ4n) is 3.29. The number of hydrogen-bond acceptors (Lipinski definition) is 3. The Kier molecular flexibility index (Phi) is 6.66. The van der Waals surface area contributed by atoms with Crippen molar-refractivity contribution in [2.75, 3.05) is 43.9 Å². The average molecular weight is 380 g/mol. The fourth-order valence-corrected chi connectivity index (χ4v) is 3.29. The summed E-state index contributed by atoms with van der Waals surface area (Å²) in [6, 6.07) is 14.9. The normalized spacial score (nSPS) is 13.6. The van der Waals surface area contributed by atoms with Crippen LogP contribution in [0.2, 0.25) is 0 Å². The molecule has 0 aliphatic carbocycles. The number of anilines is 2. The van der Waals surface area contributed by atoms with Gasteiger partial charge in [0.2, 0.25) is 0 Å². The molecule has 0 saturated heterocycles. The van der Waals surface area contributed by atoms with Crippen LogP contribution in [0.5, 0.6) is 0 Å². The first-order valence-corrected chi connectivity index (χ1v) is 9.74. The SMILES string of the molecule is CN(C)CCNC(=O)c1ccc(NC(=O)N2CCCCc3ccccc32)cc1. The Morgan fingerprint density at radius 3 is 2.54 bits per heavy atom. The van der Waals surface area contributed by atoms with Crippen LogP contribution in [0.1, 0.15) is 28.8 Å². The van der Waals surface area contributed by atoms with Crippen molar-refractivity contribution in [1.29, 1.82) is 0 Å². The molecule has 3 amide bonds. The molecule has 0 saturated carbocycles. The number of amides is 3. The van der Waals surface area contributed by atoms with Crippen molar-refractivity contribution in [3.05, 3.63) is 59.7 Å². The average Bonchev–Trinajstić information content (AvgIpc) is 2.91. The lowest BCUT2D eigenvalue weighted by atomic mass is 10.1. The lowest BCUT2D eigenvalue weighted by molar-refractivity contribution is 0.0951. The summed E-state index contributed by atoms with van der Waals surface area (Å²) in [6.45, 7) is 2.09. The van der Waals surface area contributed by atoms with Gasteiger partial charge < -0.3 is 15.5 Å². The molecular formula is C22H28N4O2. The van der Waals surface area contributed by atoms with Gasteiger partial charge in [-0.25, -0.2) is 4.79 Å². The van der Waals surface area contributed by atoms with E-state index in [9.17, 15) is 9.59 Å².